The van der Waals surface area contributed by atoms with Crippen LogP contribution in [0.1, 0.15) is 13.8 Å². The fourth-order valence-corrected chi connectivity index (χ4v) is 2.92. The normalized spacial score (nSPS) is 12.5. The molecule has 0 aliphatic rings. The molecular weight excluding hydrogens is 315 g/mol. The van der Waals surface area contributed by atoms with Crippen LogP contribution in [-0.4, -0.2) is 24.2 Å². The molecule has 1 aromatic rings. The quantitative estimate of drug-likeness (QED) is 0.865. The zero-order chi connectivity index (χ0) is 13.4. The van der Waals surface area contributed by atoms with Crippen molar-refractivity contribution in [2.75, 3.05) is 0 Å². The minimum absolute atomic E-state index is 0.0280. The van der Waals surface area contributed by atoms with Crippen LogP contribution in [0.4, 0.5) is 4.39 Å². The average molecular weight is 325 g/mol. The summed E-state index contributed by atoms with van der Waals surface area (Å²) in [6, 6.07) is 3.06. The van der Waals surface area contributed by atoms with Crippen LogP contribution in [0, 0.1) is 5.82 Å². The molecule has 0 spiro atoms. The zero-order valence-electron chi connectivity index (χ0n) is 9.07. The molecular formula is C10H10BrFO4S. The summed E-state index contributed by atoms with van der Waals surface area (Å²) in [5, 5.41) is 8.90. The molecule has 94 valence electrons. The number of halogens is 2. The number of benzene rings is 1. The molecule has 0 aliphatic carbocycles. The Kier molecular flexibility index (Phi) is 3.63. The number of sulfone groups is 1. The Bertz CT molecular complexity index is 566. The van der Waals surface area contributed by atoms with Gasteiger partial charge in [0.2, 0.25) is 0 Å². The molecule has 1 N–H and O–H groups in total. The van der Waals surface area contributed by atoms with Gasteiger partial charge in [-0.15, -0.1) is 0 Å². The Labute approximate surface area is 107 Å². The number of carboxylic acids is 1. The van der Waals surface area contributed by atoms with Crippen molar-refractivity contribution < 1.29 is 22.7 Å². The average Bonchev–Trinajstić information content (AvgIpc) is 2.21. The van der Waals surface area contributed by atoms with Gasteiger partial charge in [-0.3, -0.25) is 4.79 Å². The minimum Gasteiger partial charge on any atom is -0.480 e. The molecule has 0 saturated heterocycles. The van der Waals surface area contributed by atoms with Gasteiger partial charge in [0.05, 0.1) is 9.37 Å². The van der Waals surface area contributed by atoms with E-state index in [0.29, 0.717) is 0 Å². The Morgan fingerprint density at radius 3 is 2.35 bits per heavy atom. The van der Waals surface area contributed by atoms with Crippen molar-refractivity contribution >= 4 is 31.7 Å². The monoisotopic (exact) mass is 324 g/mol. The van der Waals surface area contributed by atoms with Gasteiger partial charge in [-0.1, -0.05) is 0 Å². The SMILES string of the molecule is CC(C)(C(=O)O)S(=O)(=O)c1ccc(F)c(Br)c1. The van der Waals surface area contributed by atoms with E-state index in [0.717, 1.165) is 32.0 Å². The molecule has 0 saturated carbocycles. The fraction of sp³-hybridized carbons (Fsp3) is 0.300. The molecule has 0 unspecified atom stereocenters. The summed E-state index contributed by atoms with van der Waals surface area (Å²) in [5.74, 6) is -2.07. The Hall–Kier alpha value is -0.950. The van der Waals surface area contributed by atoms with Gasteiger partial charge in [0.15, 0.2) is 14.6 Å². The van der Waals surface area contributed by atoms with Gasteiger partial charge in [-0.2, -0.15) is 0 Å². The van der Waals surface area contributed by atoms with Crippen molar-refractivity contribution in [1.82, 2.24) is 0 Å². The first kappa shape index (κ1) is 14.1. The van der Waals surface area contributed by atoms with Crippen LogP contribution in [0.25, 0.3) is 0 Å². The number of aliphatic carboxylic acids is 1. The van der Waals surface area contributed by atoms with Gasteiger partial charge in [-0.05, 0) is 48.0 Å². The first-order valence-electron chi connectivity index (χ1n) is 4.54. The summed E-state index contributed by atoms with van der Waals surface area (Å²) in [7, 11) is -4.07. The summed E-state index contributed by atoms with van der Waals surface area (Å²) < 4.78 is 35.1. The van der Waals surface area contributed by atoms with Gasteiger partial charge >= 0.3 is 5.97 Å². The third-order valence-corrected chi connectivity index (χ3v) is 5.39. The van der Waals surface area contributed by atoms with Crippen molar-refractivity contribution in [3.8, 4) is 0 Å². The van der Waals surface area contributed by atoms with Crippen LogP contribution >= 0.6 is 15.9 Å². The third kappa shape index (κ3) is 2.35. The molecule has 7 heteroatoms. The van der Waals surface area contributed by atoms with E-state index in [1.165, 1.54) is 0 Å². The van der Waals surface area contributed by atoms with E-state index in [2.05, 4.69) is 15.9 Å². The molecule has 0 heterocycles. The second kappa shape index (κ2) is 4.38. The number of carbonyl (C=O) groups is 1. The second-order valence-electron chi connectivity index (χ2n) is 3.89. The first-order chi connectivity index (χ1) is 7.60. The van der Waals surface area contributed by atoms with E-state index in [4.69, 9.17) is 5.11 Å². The maximum absolute atomic E-state index is 13.0. The van der Waals surface area contributed by atoms with Gasteiger partial charge in [0, 0.05) is 0 Å². The molecule has 0 aromatic heterocycles. The van der Waals surface area contributed by atoms with Crippen LogP contribution in [0.2, 0.25) is 0 Å². The van der Waals surface area contributed by atoms with Crippen molar-refractivity contribution in [3.63, 3.8) is 0 Å². The smallest absolute Gasteiger partial charge is 0.324 e. The van der Waals surface area contributed by atoms with E-state index in [1.807, 2.05) is 0 Å². The standard InChI is InChI=1S/C10H10BrFO4S/c1-10(2,9(13)14)17(15,16)6-3-4-8(12)7(11)5-6/h3-5H,1-2H3,(H,13,14). The lowest BCUT2D eigenvalue weighted by molar-refractivity contribution is -0.139. The highest BCUT2D eigenvalue weighted by molar-refractivity contribution is 9.10. The molecule has 4 nitrogen and oxygen atoms in total. The highest BCUT2D eigenvalue weighted by Gasteiger charge is 2.43. The number of hydrogen-bond donors (Lipinski definition) is 1. The maximum atomic E-state index is 13.0. The summed E-state index contributed by atoms with van der Waals surface area (Å²) >= 11 is 2.86. The summed E-state index contributed by atoms with van der Waals surface area (Å²) in [5.41, 5.74) is 0. The number of carboxylic acid groups (broad SMARTS) is 1. The maximum Gasteiger partial charge on any atom is 0.324 e. The summed E-state index contributed by atoms with van der Waals surface area (Å²) in [6.45, 7) is 2.17. The molecule has 0 bridgehead atoms. The Morgan fingerprint density at radius 1 is 1.41 bits per heavy atom. The van der Waals surface area contributed by atoms with Crippen molar-refractivity contribution in [2.24, 2.45) is 0 Å². The van der Waals surface area contributed by atoms with E-state index >= 15 is 0 Å². The number of rotatable bonds is 3. The molecule has 1 rings (SSSR count). The van der Waals surface area contributed by atoms with Crippen LogP contribution in [0.3, 0.4) is 0 Å². The molecule has 0 aliphatic heterocycles. The largest absolute Gasteiger partial charge is 0.480 e. The van der Waals surface area contributed by atoms with Gasteiger partial charge in [0.1, 0.15) is 5.82 Å². The van der Waals surface area contributed by atoms with Crippen LogP contribution < -0.4 is 0 Å². The van der Waals surface area contributed by atoms with Crippen molar-refractivity contribution in [1.29, 1.82) is 0 Å². The lowest BCUT2D eigenvalue weighted by atomic mass is 10.2. The molecule has 0 radical (unpaired) electrons. The summed E-state index contributed by atoms with van der Waals surface area (Å²) in [6.07, 6.45) is 0. The van der Waals surface area contributed by atoms with Gasteiger partial charge in [-0.25, -0.2) is 12.8 Å². The van der Waals surface area contributed by atoms with E-state index in [9.17, 15) is 17.6 Å². The lowest BCUT2D eigenvalue weighted by Crippen LogP contribution is -2.40. The molecule has 17 heavy (non-hydrogen) atoms. The van der Waals surface area contributed by atoms with Crippen molar-refractivity contribution in [3.05, 3.63) is 28.5 Å². The highest BCUT2D eigenvalue weighted by atomic mass is 79.9. The predicted molar refractivity (Wildman–Crippen MR) is 63.0 cm³/mol. The first-order valence-corrected chi connectivity index (χ1v) is 6.81. The van der Waals surface area contributed by atoms with Crippen LogP contribution in [0.5, 0.6) is 0 Å². The second-order valence-corrected chi connectivity index (χ2v) is 7.25. The van der Waals surface area contributed by atoms with Crippen molar-refractivity contribution in [2.45, 2.75) is 23.5 Å². The molecule has 0 amide bonds. The summed E-state index contributed by atoms with van der Waals surface area (Å²) in [4.78, 5) is 10.7. The van der Waals surface area contributed by atoms with Crippen LogP contribution in [0.15, 0.2) is 27.6 Å². The topological polar surface area (TPSA) is 71.4 Å². The van der Waals surface area contributed by atoms with E-state index in [1.54, 1.807) is 0 Å². The molecule has 1 aromatic carbocycles. The zero-order valence-corrected chi connectivity index (χ0v) is 11.5. The minimum atomic E-state index is -4.07. The van der Waals surface area contributed by atoms with Crippen LogP contribution in [-0.2, 0) is 14.6 Å². The van der Waals surface area contributed by atoms with E-state index in [-0.39, 0.29) is 9.37 Å². The molecule has 0 atom stereocenters. The molecule has 0 fully saturated rings. The predicted octanol–water partition coefficient (Wildman–Crippen LogP) is 2.23. The van der Waals surface area contributed by atoms with Gasteiger partial charge in [0.25, 0.3) is 0 Å². The van der Waals surface area contributed by atoms with Gasteiger partial charge < -0.3 is 5.11 Å². The Balaban J connectivity index is 3.42. The van der Waals surface area contributed by atoms with E-state index < -0.39 is 26.4 Å². The number of hydrogen-bond acceptors (Lipinski definition) is 3. The highest BCUT2D eigenvalue weighted by Crippen LogP contribution is 2.28. The third-order valence-electron chi connectivity index (χ3n) is 2.39. The lowest BCUT2D eigenvalue weighted by Gasteiger charge is -2.19. The fourth-order valence-electron chi connectivity index (χ4n) is 1.05. The Morgan fingerprint density at radius 2 is 1.94 bits per heavy atom.